The largest absolute Gasteiger partial charge is 0.338 e. The number of hydrogen-bond donors (Lipinski definition) is 0. The van der Waals surface area contributed by atoms with Crippen molar-refractivity contribution in [2.75, 3.05) is 12.3 Å². The summed E-state index contributed by atoms with van der Waals surface area (Å²) in [6.45, 7) is 3.34. The summed E-state index contributed by atoms with van der Waals surface area (Å²) in [4.78, 5) is 14.3. The number of hydrogen-bond acceptors (Lipinski definition) is 5. The van der Waals surface area contributed by atoms with Gasteiger partial charge in [-0.25, -0.2) is 4.68 Å². The van der Waals surface area contributed by atoms with E-state index >= 15 is 0 Å². The van der Waals surface area contributed by atoms with Crippen molar-refractivity contribution >= 4 is 17.7 Å². The number of thioether (sulfide) groups is 1. The van der Waals surface area contributed by atoms with E-state index in [-0.39, 0.29) is 5.91 Å². The molecule has 1 saturated carbocycles. The molecule has 1 aromatic carbocycles. The molecule has 1 aromatic heterocycles. The molecule has 0 aliphatic heterocycles. The Kier molecular flexibility index (Phi) is 4.72. The van der Waals surface area contributed by atoms with Gasteiger partial charge in [0.1, 0.15) is 0 Å². The minimum absolute atomic E-state index is 0.113. The average molecular weight is 317 g/mol. The molecule has 22 heavy (non-hydrogen) atoms. The first-order chi connectivity index (χ1) is 10.8. The van der Waals surface area contributed by atoms with Crippen LogP contribution in [0.3, 0.4) is 0 Å². The molecule has 1 aliphatic rings. The van der Waals surface area contributed by atoms with Crippen molar-refractivity contribution in [3.8, 4) is 0 Å². The van der Waals surface area contributed by atoms with E-state index in [2.05, 4.69) is 15.5 Å². The van der Waals surface area contributed by atoms with Crippen molar-refractivity contribution in [1.29, 1.82) is 0 Å². The number of tetrazole rings is 1. The third kappa shape index (κ3) is 3.65. The van der Waals surface area contributed by atoms with E-state index < -0.39 is 0 Å². The van der Waals surface area contributed by atoms with Crippen molar-refractivity contribution in [3.05, 3.63) is 35.9 Å². The highest BCUT2D eigenvalue weighted by Gasteiger charge is 2.28. The molecule has 0 atom stereocenters. The molecule has 1 fully saturated rings. The Hall–Kier alpha value is -1.89. The summed E-state index contributed by atoms with van der Waals surface area (Å²) in [6.07, 6.45) is 2.25. The molecule has 3 rings (SSSR count). The lowest BCUT2D eigenvalue weighted by molar-refractivity contribution is -0.128. The molecule has 0 spiro atoms. The summed E-state index contributed by atoms with van der Waals surface area (Å²) in [6, 6.07) is 10.5. The van der Waals surface area contributed by atoms with Crippen LogP contribution in [0.5, 0.6) is 0 Å². The van der Waals surface area contributed by atoms with Crippen LogP contribution in [-0.4, -0.2) is 43.3 Å². The van der Waals surface area contributed by atoms with Crippen molar-refractivity contribution in [2.24, 2.45) is 0 Å². The monoisotopic (exact) mass is 317 g/mol. The van der Waals surface area contributed by atoms with Crippen molar-refractivity contribution in [3.63, 3.8) is 0 Å². The fourth-order valence-electron chi connectivity index (χ4n) is 2.23. The van der Waals surface area contributed by atoms with Crippen LogP contribution in [0.25, 0.3) is 0 Å². The molecular weight excluding hydrogens is 298 g/mol. The molecule has 0 unspecified atom stereocenters. The predicted molar refractivity (Wildman–Crippen MR) is 84.3 cm³/mol. The molecule has 6 nitrogen and oxygen atoms in total. The van der Waals surface area contributed by atoms with E-state index in [1.54, 1.807) is 0 Å². The van der Waals surface area contributed by atoms with Crippen LogP contribution in [0.2, 0.25) is 0 Å². The van der Waals surface area contributed by atoms with E-state index in [1.807, 2.05) is 46.8 Å². The normalized spacial score (nSPS) is 14.0. The number of nitrogens with zero attached hydrogens (tertiary/aromatic N) is 5. The van der Waals surface area contributed by atoms with Gasteiger partial charge in [0.25, 0.3) is 0 Å². The van der Waals surface area contributed by atoms with Crippen LogP contribution in [0.1, 0.15) is 31.4 Å². The van der Waals surface area contributed by atoms with Crippen molar-refractivity contribution < 1.29 is 4.79 Å². The number of benzene rings is 1. The van der Waals surface area contributed by atoms with Crippen molar-refractivity contribution in [2.45, 2.75) is 37.5 Å². The molecule has 0 radical (unpaired) electrons. The summed E-state index contributed by atoms with van der Waals surface area (Å²) >= 11 is 1.42. The second-order valence-corrected chi connectivity index (χ2v) is 6.26. The minimum atomic E-state index is 0.113. The van der Waals surface area contributed by atoms with Crippen LogP contribution in [0.15, 0.2) is 35.5 Å². The lowest BCUT2D eigenvalue weighted by Gasteiger charge is -2.20. The Bertz CT molecular complexity index is 626. The second kappa shape index (κ2) is 6.91. The van der Waals surface area contributed by atoms with E-state index in [4.69, 9.17) is 0 Å². The van der Waals surface area contributed by atoms with Gasteiger partial charge >= 0.3 is 0 Å². The molecule has 1 heterocycles. The molecule has 0 bridgehead atoms. The Morgan fingerprint density at radius 2 is 2.14 bits per heavy atom. The molecule has 7 heteroatoms. The van der Waals surface area contributed by atoms with E-state index in [0.29, 0.717) is 24.9 Å². The van der Waals surface area contributed by atoms with Gasteiger partial charge in [-0.05, 0) is 35.8 Å². The molecule has 116 valence electrons. The van der Waals surface area contributed by atoms with Crippen molar-refractivity contribution in [1.82, 2.24) is 25.1 Å². The molecule has 1 amide bonds. The topological polar surface area (TPSA) is 63.9 Å². The van der Waals surface area contributed by atoms with Gasteiger partial charge < -0.3 is 4.90 Å². The Labute approximate surface area is 133 Å². The predicted octanol–water partition coefficient (Wildman–Crippen LogP) is 2.15. The first-order valence-corrected chi connectivity index (χ1v) is 8.49. The summed E-state index contributed by atoms with van der Waals surface area (Å²) in [5.41, 5.74) is 1.14. The average Bonchev–Trinajstić information content (AvgIpc) is 3.29. The standard InChI is InChI=1S/C15H19N5OS/c1-2-19(10-12-6-4-3-5-7-12)14(21)11-22-15-16-17-18-20(15)13-8-9-13/h3-7,13H,2,8-11H2,1H3. The van der Waals surface area contributed by atoms with Crippen LogP contribution in [0, 0.1) is 0 Å². The maximum atomic E-state index is 12.4. The number of carbonyl (C=O) groups is 1. The summed E-state index contributed by atoms with van der Waals surface area (Å²) in [7, 11) is 0. The number of amides is 1. The number of carbonyl (C=O) groups excluding carboxylic acids is 1. The summed E-state index contributed by atoms with van der Waals surface area (Å²) in [5.74, 6) is 0.482. The Morgan fingerprint density at radius 3 is 2.82 bits per heavy atom. The van der Waals surface area contributed by atoms with Crippen LogP contribution in [0.4, 0.5) is 0 Å². The third-order valence-corrected chi connectivity index (χ3v) is 4.55. The molecule has 1 aliphatic carbocycles. The zero-order chi connectivity index (χ0) is 15.4. The second-order valence-electron chi connectivity index (χ2n) is 5.32. The Balaban J connectivity index is 1.56. The summed E-state index contributed by atoms with van der Waals surface area (Å²) < 4.78 is 1.84. The van der Waals surface area contributed by atoms with E-state index in [0.717, 1.165) is 23.6 Å². The lowest BCUT2D eigenvalue weighted by atomic mass is 10.2. The number of rotatable bonds is 7. The quantitative estimate of drug-likeness (QED) is 0.732. The molecular formula is C15H19N5OS. The van der Waals surface area contributed by atoms with Crippen LogP contribution in [-0.2, 0) is 11.3 Å². The number of aromatic nitrogens is 4. The molecule has 2 aromatic rings. The third-order valence-electron chi connectivity index (χ3n) is 3.63. The lowest BCUT2D eigenvalue weighted by Crippen LogP contribution is -2.31. The maximum Gasteiger partial charge on any atom is 0.233 e. The van der Waals surface area contributed by atoms with Gasteiger partial charge in [-0.15, -0.1) is 5.10 Å². The highest BCUT2D eigenvalue weighted by molar-refractivity contribution is 7.99. The van der Waals surface area contributed by atoms with Crippen LogP contribution < -0.4 is 0 Å². The Morgan fingerprint density at radius 1 is 1.36 bits per heavy atom. The van der Waals surface area contributed by atoms with E-state index in [1.165, 1.54) is 11.8 Å². The first kappa shape index (κ1) is 15.0. The summed E-state index contributed by atoms with van der Waals surface area (Å²) in [5, 5.41) is 12.5. The smallest absolute Gasteiger partial charge is 0.233 e. The highest BCUT2D eigenvalue weighted by Crippen LogP contribution is 2.36. The highest BCUT2D eigenvalue weighted by atomic mass is 32.2. The zero-order valence-corrected chi connectivity index (χ0v) is 13.4. The van der Waals surface area contributed by atoms with Gasteiger partial charge in [-0.2, -0.15) is 0 Å². The SMILES string of the molecule is CCN(Cc1ccccc1)C(=O)CSc1nnnn1C1CC1. The van der Waals surface area contributed by atoms with Crippen LogP contribution >= 0.6 is 11.8 Å². The zero-order valence-electron chi connectivity index (χ0n) is 12.6. The van der Waals surface area contributed by atoms with Gasteiger partial charge in [-0.1, -0.05) is 42.1 Å². The molecule has 0 saturated heterocycles. The fraction of sp³-hybridized carbons (Fsp3) is 0.467. The van der Waals surface area contributed by atoms with Gasteiger partial charge in [0, 0.05) is 13.1 Å². The fourth-order valence-corrected chi connectivity index (χ4v) is 3.07. The van der Waals surface area contributed by atoms with Gasteiger partial charge in [0.2, 0.25) is 11.1 Å². The van der Waals surface area contributed by atoms with Gasteiger partial charge in [-0.3, -0.25) is 4.79 Å². The minimum Gasteiger partial charge on any atom is -0.338 e. The first-order valence-electron chi connectivity index (χ1n) is 7.50. The maximum absolute atomic E-state index is 12.4. The van der Waals surface area contributed by atoms with Gasteiger partial charge in [0.15, 0.2) is 0 Å². The van der Waals surface area contributed by atoms with Gasteiger partial charge in [0.05, 0.1) is 11.8 Å². The molecule has 0 N–H and O–H groups in total. The van der Waals surface area contributed by atoms with E-state index in [9.17, 15) is 4.79 Å².